The molecule has 2 aromatic rings. The molecule has 0 saturated carbocycles. The molecule has 0 spiro atoms. The Morgan fingerprint density at radius 1 is 1.17 bits per heavy atom. The van der Waals surface area contributed by atoms with Crippen molar-refractivity contribution in [2.75, 3.05) is 13.1 Å². The first kappa shape index (κ1) is 14.7. The van der Waals surface area contributed by atoms with Crippen LogP contribution in [0.1, 0.15) is 30.9 Å². The number of carbonyl (C=O) groups excluding carboxylic acids is 1. The number of amides is 1. The summed E-state index contributed by atoms with van der Waals surface area (Å²) < 4.78 is 0. The third-order valence-corrected chi connectivity index (χ3v) is 5.65. The molecule has 3 heteroatoms. The van der Waals surface area contributed by atoms with Crippen molar-refractivity contribution < 1.29 is 4.79 Å². The highest BCUT2D eigenvalue weighted by Gasteiger charge is 2.40. The molecule has 120 valence electrons. The molecule has 2 saturated heterocycles. The van der Waals surface area contributed by atoms with Gasteiger partial charge in [-0.3, -0.25) is 9.69 Å². The van der Waals surface area contributed by atoms with Gasteiger partial charge in [-0.2, -0.15) is 0 Å². The highest BCUT2D eigenvalue weighted by atomic mass is 16.2. The van der Waals surface area contributed by atoms with Crippen LogP contribution in [-0.2, 0) is 11.3 Å². The lowest BCUT2D eigenvalue weighted by atomic mass is 9.97. The molecule has 0 N–H and O–H groups in total. The van der Waals surface area contributed by atoms with Gasteiger partial charge in [-0.25, -0.2) is 0 Å². The molecule has 1 amide bonds. The number of fused-ring (bicyclic) bond motifs is 2. The molecule has 23 heavy (non-hydrogen) atoms. The summed E-state index contributed by atoms with van der Waals surface area (Å²) >= 11 is 0. The second-order valence-electron chi connectivity index (χ2n) is 7.02. The van der Waals surface area contributed by atoms with E-state index in [4.69, 9.17) is 0 Å². The number of nitrogens with zero attached hydrogens (tertiary/aromatic N) is 2. The fraction of sp³-hybridized carbons (Fsp3) is 0.450. The van der Waals surface area contributed by atoms with Gasteiger partial charge in [0.15, 0.2) is 0 Å². The number of benzene rings is 2. The standard InChI is InChI=1S/C20H24N2O/c1-14-9-10-16-6-3-4-8-18(16)19(14)13-21-12-17-7-5-11-22(17)20(23)15(21)2/h3-4,6,8-10,15,17H,5,7,11-13H2,1-2H3/t15-,17+/m1/s1. The van der Waals surface area contributed by atoms with Crippen molar-refractivity contribution >= 4 is 16.7 Å². The number of rotatable bonds is 2. The number of aryl methyl sites for hydroxylation is 1. The second-order valence-corrected chi connectivity index (χ2v) is 7.02. The molecule has 2 aliphatic heterocycles. The van der Waals surface area contributed by atoms with Crippen LogP contribution in [0.25, 0.3) is 10.8 Å². The molecule has 3 nitrogen and oxygen atoms in total. The molecular weight excluding hydrogens is 284 g/mol. The van der Waals surface area contributed by atoms with Gasteiger partial charge < -0.3 is 4.90 Å². The summed E-state index contributed by atoms with van der Waals surface area (Å²) in [5.74, 6) is 0.316. The van der Waals surface area contributed by atoms with Crippen molar-refractivity contribution in [1.82, 2.24) is 9.80 Å². The van der Waals surface area contributed by atoms with Crippen molar-refractivity contribution in [3.63, 3.8) is 0 Å². The van der Waals surface area contributed by atoms with Crippen molar-refractivity contribution in [3.05, 3.63) is 47.5 Å². The summed E-state index contributed by atoms with van der Waals surface area (Å²) in [5, 5.41) is 2.60. The molecule has 0 aliphatic carbocycles. The van der Waals surface area contributed by atoms with Crippen LogP contribution in [0, 0.1) is 6.92 Å². The van der Waals surface area contributed by atoms with Crippen molar-refractivity contribution in [1.29, 1.82) is 0 Å². The first-order valence-electron chi connectivity index (χ1n) is 8.67. The molecule has 0 radical (unpaired) electrons. The van der Waals surface area contributed by atoms with E-state index in [1.54, 1.807) is 0 Å². The normalized spacial score (nSPS) is 25.1. The first-order valence-corrected chi connectivity index (χ1v) is 8.67. The number of hydrogen-bond acceptors (Lipinski definition) is 2. The minimum absolute atomic E-state index is 0.0114. The quantitative estimate of drug-likeness (QED) is 0.849. The SMILES string of the molecule is Cc1ccc2ccccc2c1CN1C[C@@H]2CCCN2C(=O)[C@H]1C. The Morgan fingerprint density at radius 3 is 2.87 bits per heavy atom. The summed E-state index contributed by atoms with van der Waals surface area (Å²) in [4.78, 5) is 17.1. The predicted molar refractivity (Wildman–Crippen MR) is 93.3 cm³/mol. The maximum atomic E-state index is 12.6. The maximum Gasteiger partial charge on any atom is 0.239 e. The highest BCUT2D eigenvalue weighted by molar-refractivity contribution is 5.87. The highest BCUT2D eigenvalue weighted by Crippen LogP contribution is 2.29. The van der Waals surface area contributed by atoms with Crippen LogP contribution in [-0.4, -0.2) is 40.9 Å². The van der Waals surface area contributed by atoms with Crippen LogP contribution in [0.4, 0.5) is 0 Å². The van der Waals surface area contributed by atoms with E-state index < -0.39 is 0 Å². The lowest BCUT2D eigenvalue weighted by Crippen LogP contribution is -2.58. The van der Waals surface area contributed by atoms with Gasteiger partial charge in [0, 0.05) is 25.7 Å². The monoisotopic (exact) mass is 308 g/mol. The van der Waals surface area contributed by atoms with Crippen LogP contribution >= 0.6 is 0 Å². The fourth-order valence-corrected chi connectivity index (χ4v) is 4.20. The Bertz CT molecular complexity index is 754. The molecular formula is C20H24N2O. The Hall–Kier alpha value is -1.87. The number of carbonyl (C=O) groups is 1. The minimum atomic E-state index is -0.0114. The molecule has 4 rings (SSSR count). The minimum Gasteiger partial charge on any atom is -0.337 e. The Morgan fingerprint density at radius 2 is 2.00 bits per heavy atom. The largest absolute Gasteiger partial charge is 0.337 e. The topological polar surface area (TPSA) is 23.6 Å². The van der Waals surface area contributed by atoms with Gasteiger partial charge in [-0.15, -0.1) is 0 Å². The lowest BCUT2D eigenvalue weighted by Gasteiger charge is -2.41. The zero-order valence-corrected chi connectivity index (χ0v) is 14.0. The molecule has 0 bridgehead atoms. The molecule has 2 heterocycles. The van der Waals surface area contributed by atoms with Gasteiger partial charge in [-0.1, -0.05) is 36.4 Å². The van der Waals surface area contributed by atoms with Crippen LogP contribution < -0.4 is 0 Å². The number of hydrogen-bond donors (Lipinski definition) is 0. The second kappa shape index (κ2) is 5.64. The smallest absolute Gasteiger partial charge is 0.239 e. The molecule has 2 aliphatic rings. The Kier molecular flexibility index (Phi) is 3.61. The van der Waals surface area contributed by atoms with Gasteiger partial charge in [0.05, 0.1) is 6.04 Å². The van der Waals surface area contributed by atoms with Gasteiger partial charge >= 0.3 is 0 Å². The van der Waals surface area contributed by atoms with Gasteiger partial charge in [0.1, 0.15) is 0 Å². The van der Waals surface area contributed by atoms with E-state index in [1.165, 1.54) is 21.9 Å². The summed E-state index contributed by atoms with van der Waals surface area (Å²) in [6.07, 6.45) is 2.31. The lowest BCUT2D eigenvalue weighted by molar-refractivity contribution is -0.143. The van der Waals surface area contributed by atoms with E-state index in [1.807, 2.05) is 0 Å². The van der Waals surface area contributed by atoms with Crippen LogP contribution in [0.2, 0.25) is 0 Å². The van der Waals surface area contributed by atoms with Crippen molar-refractivity contribution in [2.45, 2.75) is 45.3 Å². The summed E-state index contributed by atoms with van der Waals surface area (Å²) in [5.41, 5.74) is 2.69. The Labute approximate surface area is 137 Å². The molecule has 0 aromatic heterocycles. The van der Waals surface area contributed by atoms with E-state index in [0.717, 1.165) is 32.5 Å². The Balaban J connectivity index is 1.68. The van der Waals surface area contributed by atoms with Crippen molar-refractivity contribution in [3.8, 4) is 0 Å². The third-order valence-electron chi connectivity index (χ3n) is 5.65. The van der Waals surface area contributed by atoms with Crippen LogP contribution in [0.5, 0.6) is 0 Å². The molecule has 0 unspecified atom stereocenters. The molecule has 2 atom stereocenters. The predicted octanol–water partition coefficient (Wildman–Crippen LogP) is 3.34. The summed E-state index contributed by atoms with van der Waals surface area (Å²) in [6, 6.07) is 13.4. The first-order chi connectivity index (χ1) is 11.1. The average Bonchev–Trinajstić information content (AvgIpc) is 3.03. The van der Waals surface area contributed by atoms with Gasteiger partial charge in [-0.05, 0) is 48.6 Å². The summed E-state index contributed by atoms with van der Waals surface area (Å²) in [6.45, 7) is 7.08. The maximum absolute atomic E-state index is 12.6. The zero-order valence-electron chi connectivity index (χ0n) is 14.0. The molecule has 2 fully saturated rings. The van der Waals surface area contributed by atoms with E-state index in [2.05, 4.69) is 60.0 Å². The van der Waals surface area contributed by atoms with Crippen molar-refractivity contribution in [2.24, 2.45) is 0 Å². The van der Waals surface area contributed by atoms with Crippen LogP contribution in [0.15, 0.2) is 36.4 Å². The average molecular weight is 308 g/mol. The van der Waals surface area contributed by atoms with E-state index in [-0.39, 0.29) is 6.04 Å². The van der Waals surface area contributed by atoms with Crippen LogP contribution in [0.3, 0.4) is 0 Å². The summed E-state index contributed by atoms with van der Waals surface area (Å²) in [7, 11) is 0. The molecule has 2 aromatic carbocycles. The fourth-order valence-electron chi connectivity index (χ4n) is 4.20. The van der Waals surface area contributed by atoms with E-state index >= 15 is 0 Å². The zero-order chi connectivity index (χ0) is 16.0. The van der Waals surface area contributed by atoms with E-state index in [9.17, 15) is 4.79 Å². The van der Waals surface area contributed by atoms with E-state index in [0.29, 0.717) is 11.9 Å². The van der Waals surface area contributed by atoms with Gasteiger partial charge in [0.25, 0.3) is 0 Å². The van der Waals surface area contributed by atoms with Gasteiger partial charge in [0.2, 0.25) is 5.91 Å². The number of piperazine rings is 1. The third kappa shape index (κ3) is 2.43.